The van der Waals surface area contributed by atoms with Gasteiger partial charge in [-0.3, -0.25) is 0 Å². The Morgan fingerprint density at radius 3 is 1.95 bits per heavy atom. The van der Waals surface area contributed by atoms with Gasteiger partial charge < -0.3 is 5.32 Å². The molecular weight excluding hydrogens is 484 g/mol. The van der Waals surface area contributed by atoms with E-state index in [1.54, 1.807) is 12.1 Å². The highest BCUT2D eigenvalue weighted by molar-refractivity contribution is 5.46. The number of hydrogen-bond acceptors (Lipinski definition) is 1. The Labute approximate surface area is 235 Å². The van der Waals surface area contributed by atoms with E-state index < -0.39 is 0 Å². The molecule has 3 rings (SSSR count). The molecule has 39 heavy (non-hydrogen) atoms. The molecule has 0 saturated heterocycles. The first-order valence-corrected chi connectivity index (χ1v) is 14.7. The lowest BCUT2D eigenvalue weighted by Crippen LogP contribution is -2.20. The Kier molecular flexibility index (Phi) is 12.2. The number of anilines is 1. The van der Waals surface area contributed by atoms with Crippen LogP contribution in [0.5, 0.6) is 0 Å². The molecule has 3 aromatic rings. The SMILES string of the molecule is C=CCCC(CC(C)CC)CC(CCC(C)C(Nc1ccc(F)cc1)c1ccc(C)cc1)c1ccc(F)cc1. The van der Waals surface area contributed by atoms with Gasteiger partial charge in [0.25, 0.3) is 0 Å². The van der Waals surface area contributed by atoms with E-state index in [4.69, 9.17) is 0 Å². The summed E-state index contributed by atoms with van der Waals surface area (Å²) >= 11 is 0. The summed E-state index contributed by atoms with van der Waals surface area (Å²) in [6.07, 6.45) is 9.79. The Morgan fingerprint density at radius 2 is 1.36 bits per heavy atom. The summed E-state index contributed by atoms with van der Waals surface area (Å²) in [6.45, 7) is 13.0. The average Bonchev–Trinajstić information content (AvgIpc) is 2.94. The predicted molar refractivity (Wildman–Crippen MR) is 163 cm³/mol. The molecule has 0 aliphatic heterocycles. The van der Waals surface area contributed by atoms with Crippen LogP contribution in [0.3, 0.4) is 0 Å². The van der Waals surface area contributed by atoms with Crippen molar-refractivity contribution >= 4 is 5.69 Å². The Hall–Kier alpha value is -2.94. The third-order valence-corrected chi connectivity index (χ3v) is 8.31. The molecule has 0 fully saturated rings. The smallest absolute Gasteiger partial charge is 0.123 e. The molecule has 0 bridgehead atoms. The molecule has 3 heteroatoms. The zero-order valence-corrected chi connectivity index (χ0v) is 24.3. The van der Waals surface area contributed by atoms with E-state index in [0.29, 0.717) is 23.7 Å². The summed E-state index contributed by atoms with van der Waals surface area (Å²) in [5, 5.41) is 3.69. The second-order valence-corrected chi connectivity index (χ2v) is 11.6. The minimum Gasteiger partial charge on any atom is -0.378 e. The van der Waals surface area contributed by atoms with Crippen LogP contribution in [0.25, 0.3) is 0 Å². The van der Waals surface area contributed by atoms with Crippen LogP contribution >= 0.6 is 0 Å². The van der Waals surface area contributed by atoms with Gasteiger partial charge in [-0.25, -0.2) is 8.78 Å². The number of nitrogens with one attached hydrogen (secondary N) is 1. The van der Waals surface area contributed by atoms with E-state index in [9.17, 15) is 8.78 Å². The van der Waals surface area contributed by atoms with Crippen molar-refractivity contribution in [3.8, 4) is 0 Å². The highest BCUT2D eigenvalue weighted by atomic mass is 19.1. The fraction of sp³-hybridized carbons (Fsp3) is 0.444. The van der Waals surface area contributed by atoms with Crippen LogP contribution < -0.4 is 5.32 Å². The molecule has 0 heterocycles. The lowest BCUT2D eigenvalue weighted by Gasteiger charge is -2.30. The van der Waals surface area contributed by atoms with Crippen LogP contribution in [0, 0.1) is 36.3 Å². The number of allylic oxidation sites excluding steroid dienone is 1. The number of rotatable bonds is 16. The lowest BCUT2D eigenvalue weighted by atomic mass is 9.78. The van der Waals surface area contributed by atoms with Gasteiger partial charge in [0.1, 0.15) is 11.6 Å². The molecule has 0 amide bonds. The van der Waals surface area contributed by atoms with Gasteiger partial charge in [-0.1, -0.05) is 75.2 Å². The topological polar surface area (TPSA) is 12.0 Å². The lowest BCUT2D eigenvalue weighted by molar-refractivity contribution is 0.308. The number of benzene rings is 3. The fourth-order valence-corrected chi connectivity index (χ4v) is 5.66. The molecule has 0 radical (unpaired) electrons. The Bertz CT molecular complexity index is 1100. The highest BCUT2D eigenvalue weighted by Gasteiger charge is 2.24. The van der Waals surface area contributed by atoms with Crippen LogP contribution in [0.15, 0.2) is 85.5 Å². The van der Waals surface area contributed by atoms with Gasteiger partial charge in [0.15, 0.2) is 0 Å². The second-order valence-electron chi connectivity index (χ2n) is 11.6. The van der Waals surface area contributed by atoms with Gasteiger partial charge in [-0.2, -0.15) is 0 Å². The quantitative estimate of drug-likeness (QED) is 0.181. The van der Waals surface area contributed by atoms with Crippen molar-refractivity contribution in [2.24, 2.45) is 17.8 Å². The van der Waals surface area contributed by atoms with E-state index in [1.807, 2.05) is 30.3 Å². The van der Waals surface area contributed by atoms with Gasteiger partial charge in [-0.05, 0) is 117 Å². The van der Waals surface area contributed by atoms with Crippen molar-refractivity contribution in [1.82, 2.24) is 0 Å². The van der Waals surface area contributed by atoms with Crippen molar-refractivity contribution in [3.63, 3.8) is 0 Å². The number of halogens is 2. The first-order valence-electron chi connectivity index (χ1n) is 14.7. The third-order valence-electron chi connectivity index (χ3n) is 8.31. The maximum absolute atomic E-state index is 13.8. The summed E-state index contributed by atoms with van der Waals surface area (Å²) < 4.78 is 27.4. The molecule has 0 spiro atoms. The normalized spacial score (nSPS) is 15.2. The van der Waals surface area contributed by atoms with Crippen molar-refractivity contribution in [1.29, 1.82) is 0 Å². The molecule has 210 valence electrons. The number of hydrogen-bond donors (Lipinski definition) is 1. The minimum absolute atomic E-state index is 0.0987. The Balaban J connectivity index is 1.81. The summed E-state index contributed by atoms with van der Waals surface area (Å²) in [5.41, 5.74) is 4.61. The van der Waals surface area contributed by atoms with Crippen molar-refractivity contribution < 1.29 is 8.78 Å². The highest BCUT2D eigenvalue weighted by Crippen LogP contribution is 2.37. The standard InChI is InChI=1S/C36H47F2N/c1-6-8-9-29(24-26(3)7-2)25-32(30-16-18-33(37)19-17-30)15-12-28(5)36(31-13-10-27(4)11-14-31)39-35-22-20-34(38)21-23-35/h6,10-11,13-14,16-23,26,28-29,32,36,39H,1,7-9,12,15,24-25H2,2-5H3. The summed E-state index contributed by atoms with van der Waals surface area (Å²) in [5.74, 6) is 1.60. The average molecular weight is 532 g/mol. The van der Waals surface area contributed by atoms with E-state index in [-0.39, 0.29) is 17.7 Å². The molecule has 0 saturated carbocycles. The van der Waals surface area contributed by atoms with Crippen LogP contribution in [0.4, 0.5) is 14.5 Å². The zero-order valence-electron chi connectivity index (χ0n) is 24.3. The Morgan fingerprint density at radius 1 is 0.769 bits per heavy atom. The van der Waals surface area contributed by atoms with Gasteiger partial charge in [0.05, 0.1) is 6.04 Å². The van der Waals surface area contributed by atoms with Gasteiger partial charge in [-0.15, -0.1) is 6.58 Å². The van der Waals surface area contributed by atoms with E-state index in [0.717, 1.165) is 37.8 Å². The van der Waals surface area contributed by atoms with Crippen molar-refractivity contribution in [2.75, 3.05) is 5.32 Å². The van der Waals surface area contributed by atoms with E-state index in [1.165, 1.54) is 41.7 Å². The summed E-state index contributed by atoms with van der Waals surface area (Å²) in [7, 11) is 0. The first-order chi connectivity index (χ1) is 18.8. The monoisotopic (exact) mass is 531 g/mol. The zero-order chi connectivity index (χ0) is 28.2. The minimum atomic E-state index is -0.231. The molecule has 0 aliphatic carbocycles. The first kappa shape index (κ1) is 30.6. The third kappa shape index (κ3) is 9.95. The molecular formula is C36H47F2N. The van der Waals surface area contributed by atoms with E-state index in [2.05, 4.69) is 63.9 Å². The molecule has 1 N–H and O–H groups in total. The maximum Gasteiger partial charge on any atom is 0.123 e. The van der Waals surface area contributed by atoms with Crippen molar-refractivity contribution in [3.05, 3.63) is 114 Å². The molecule has 5 unspecified atom stereocenters. The number of aryl methyl sites for hydroxylation is 1. The van der Waals surface area contributed by atoms with Gasteiger partial charge >= 0.3 is 0 Å². The second kappa shape index (κ2) is 15.6. The fourth-order valence-electron chi connectivity index (χ4n) is 5.66. The molecule has 1 nitrogen and oxygen atoms in total. The van der Waals surface area contributed by atoms with Crippen LogP contribution in [0.1, 0.15) is 94.4 Å². The van der Waals surface area contributed by atoms with Crippen LogP contribution in [-0.2, 0) is 0 Å². The molecule has 5 atom stereocenters. The molecule has 0 aliphatic rings. The van der Waals surface area contributed by atoms with Crippen molar-refractivity contribution in [2.45, 2.75) is 84.6 Å². The van der Waals surface area contributed by atoms with E-state index >= 15 is 0 Å². The maximum atomic E-state index is 13.8. The summed E-state index contributed by atoms with van der Waals surface area (Å²) in [4.78, 5) is 0. The van der Waals surface area contributed by atoms with Crippen LogP contribution in [-0.4, -0.2) is 0 Å². The van der Waals surface area contributed by atoms with Crippen LogP contribution in [0.2, 0.25) is 0 Å². The summed E-state index contributed by atoms with van der Waals surface area (Å²) in [6, 6.07) is 22.6. The molecule has 0 aromatic heterocycles. The largest absolute Gasteiger partial charge is 0.378 e. The van der Waals surface area contributed by atoms with Gasteiger partial charge in [0.2, 0.25) is 0 Å². The molecule has 3 aromatic carbocycles. The van der Waals surface area contributed by atoms with Gasteiger partial charge in [0, 0.05) is 5.69 Å². The predicted octanol–water partition coefficient (Wildman–Crippen LogP) is 11.0.